The SMILES string of the molecule is CCS(=O)(=O)c1cccc(CC(=O)N(C)CCCC(=O)O)c1. The van der Waals surface area contributed by atoms with E-state index in [1.807, 2.05) is 0 Å². The van der Waals surface area contributed by atoms with Crippen molar-refractivity contribution in [3.05, 3.63) is 29.8 Å². The summed E-state index contributed by atoms with van der Waals surface area (Å²) in [5.74, 6) is -1.05. The summed E-state index contributed by atoms with van der Waals surface area (Å²) in [5.41, 5.74) is 0.629. The van der Waals surface area contributed by atoms with Crippen molar-refractivity contribution < 1.29 is 23.1 Å². The van der Waals surface area contributed by atoms with Crippen molar-refractivity contribution in [2.75, 3.05) is 19.3 Å². The van der Waals surface area contributed by atoms with E-state index in [0.717, 1.165) is 0 Å². The molecule has 0 aliphatic rings. The summed E-state index contributed by atoms with van der Waals surface area (Å²) < 4.78 is 23.7. The molecular formula is C15H21NO5S. The van der Waals surface area contributed by atoms with Gasteiger partial charge in [-0.3, -0.25) is 9.59 Å². The minimum atomic E-state index is -3.29. The zero-order chi connectivity index (χ0) is 16.8. The van der Waals surface area contributed by atoms with E-state index in [0.29, 0.717) is 18.5 Å². The first kappa shape index (κ1) is 18.2. The lowest BCUT2D eigenvalue weighted by Crippen LogP contribution is -2.29. The molecule has 0 bridgehead atoms. The summed E-state index contributed by atoms with van der Waals surface area (Å²) in [5, 5.41) is 8.57. The molecule has 22 heavy (non-hydrogen) atoms. The first-order valence-electron chi connectivity index (χ1n) is 7.03. The van der Waals surface area contributed by atoms with Crippen LogP contribution in [0.3, 0.4) is 0 Å². The number of carboxylic acids is 1. The molecule has 0 atom stereocenters. The van der Waals surface area contributed by atoms with Crippen molar-refractivity contribution in [1.29, 1.82) is 0 Å². The molecule has 1 rings (SSSR count). The number of hydrogen-bond acceptors (Lipinski definition) is 4. The van der Waals surface area contributed by atoms with E-state index >= 15 is 0 Å². The second kappa shape index (κ2) is 7.93. The maximum absolute atomic E-state index is 12.0. The van der Waals surface area contributed by atoms with Crippen molar-refractivity contribution in [3.63, 3.8) is 0 Å². The van der Waals surface area contributed by atoms with Crippen molar-refractivity contribution in [2.45, 2.75) is 31.1 Å². The Kier molecular flexibility index (Phi) is 6.55. The number of rotatable bonds is 8. The predicted octanol–water partition coefficient (Wildman–Crippen LogP) is 1.35. The van der Waals surface area contributed by atoms with Gasteiger partial charge < -0.3 is 10.0 Å². The summed E-state index contributed by atoms with van der Waals surface area (Å²) in [6.07, 6.45) is 0.500. The average molecular weight is 327 g/mol. The Morgan fingerprint density at radius 2 is 1.95 bits per heavy atom. The highest BCUT2D eigenvalue weighted by Gasteiger charge is 2.14. The molecule has 1 amide bonds. The van der Waals surface area contributed by atoms with Gasteiger partial charge in [0.25, 0.3) is 0 Å². The van der Waals surface area contributed by atoms with E-state index in [1.165, 1.54) is 17.0 Å². The summed E-state index contributed by atoms with van der Waals surface area (Å²) in [6, 6.07) is 6.36. The summed E-state index contributed by atoms with van der Waals surface area (Å²) >= 11 is 0. The molecule has 0 radical (unpaired) electrons. The Morgan fingerprint density at radius 3 is 2.55 bits per heavy atom. The molecule has 7 heteroatoms. The van der Waals surface area contributed by atoms with E-state index in [4.69, 9.17) is 5.11 Å². The van der Waals surface area contributed by atoms with Gasteiger partial charge in [0, 0.05) is 20.0 Å². The van der Waals surface area contributed by atoms with Crippen LogP contribution >= 0.6 is 0 Å². The number of hydrogen-bond donors (Lipinski definition) is 1. The van der Waals surface area contributed by atoms with Gasteiger partial charge in [-0.25, -0.2) is 8.42 Å². The number of nitrogens with zero attached hydrogens (tertiary/aromatic N) is 1. The molecular weight excluding hydrogens is 306 g/mol. The molecule has 0 heterocycles. The molecule has 0 aliphatic carbocycles. The van der Waals surface area contributed by atoms with Crippen LogP contribution < -0.4 is 0 Å². The zero-order valence-electron chi connectivity index (χ0n) is 12.8. The fraction of sp³-hybridized carbons (Fsp3) is 0.467. The minimum Gasteiger partial charge on any atom is -0.481 e. The molecule has 0 aromatic heterocycles. The number of carbonyl (C=O) groups is 2. The van der Waals surface area contributed by atoms with Crippen LogP contribution in [0, 0.1) is 0 Å². The molecule has 122 valence electrons. The van der Waals surface area contributed by atoms with E-state index < -0.39 is 15.8 Å². The first-order chi connectivity index (χ1) is 10.3. The van der Waals surface area contributed by atoms with E-state index in [-0.39, 0.29) is 29.4 Å². The standard InChI is InChI=1S/C15H21NO5S/c1-3-22(20,21)13-7-4-6-12(10-13)11-14(17)16(2)9-5-8-15(18)19/h4,6-7,10H,3,5,8-9,11H2,1-2H3,(H,18,19). The Balaban J connectivity index is 2.68. The van der Waals surface area contributed by atoms with Crippen molar-refractivity contribution >= 4 is 21.7 Å². The van der Waals surface area contributed by atoms with Crippen LogP contribution in [0.4, 0.5) is 0 Å². The third-order valence-corrected chi connectivity index (χ3v) is 5.04. The summed E-state index contributed by atoms with van der Waals surface area (Å²) in [4.78, 5) is 24.2. The number of amides is 1. The second-order valence-electron chi connectivity index (χ2n) is 5.04. The van der Waals surface area contributed by atoms with Gasteiger partial charge in [-0.15, -0.1) is 0 Å². The Labute approximate surface area is 130 Å². The number of benzene rings is 1. The number of likely N-dealkylation sites (N-methyl/N-ethyl adjacent to an activating group) is 1. The molecule has 0 saturated carbocycles. The van der Waals surface area contributed by atoms with Gasteiger partial charge in [0.1, 0.15) is 0 Å². The van der Waals surface area contributed by atoms with Crippen molar-refractivity contribution in [1.82, 2.24) is 4.90 Å². The fourth-order valence-corrected chi connectivity index (χ4v) is 2.87. The lowest BCUT2D eigenvalue weighted by atomic mass is 10.1. The highest BCUT2D eigenvalue weighted by Crippen LogP contribution is 2.14. The number of sulfone groups is 1. The molecule has 0 fully saturated rings. The average Bonchev–Trinajstić information content (AvgIpc) is 2.47. The molecule has 0 unspecified atom stereocenters. The van der Waals surface area contributed by atoms with Gasteiger partial charge >= 0.3 is 5.97 Å². The zero-order valence-corrected chi connectivity index (χ0v) is 13.6. The van der Waals surface area contributed by atoms with E-state index in [2.05, 4.69) is 0 Å². The molecule has 1 aromatic carbocycles. The van der Waals surface area contributed by atoms with E-state index in [9.17, 15) is 18.0 Å². The predicted molar refractivity (Wildman–Crippen MR) is 82.4 cm³/mol. The Bertz CT molecular complexity index is 639. The first-order valence-corrected chi connectivity index (χ1v) is 8.69. The van der Waals surface area contributed by atoms with E-state index in [1.54, 1.807) is 26.1 Å². The smallest absolute Gasteiger partial charge is 0.303 e. The van der Waals surface area contributed by atoms with Gasteiger partial charge in [0.15, 0.2) is 9.84 Å². The van der Waals surface area contributed by atoms with Gasteiger partial charge in [-0.2, -0.15) is 0 Å². The van der Waals surface area contributed by atoms with Gasteiger partial charge in [0.05, 0.1) is 17.1 Å². The Morgan fingerprint density at radius 1 is 1.27 bits per heavy atom. The maximum atomic E-state index is 12.0. The molecule has 0 spiro atoms. The number of carboxylic acid groups (broad SMARTS) is 1. The van der Waals surface area contributed by atoms with Crippen LogP contribution in [0.1, 0.15) is 25.3 Å². The number of carbonyl (C=O) groups excluding carboxylic acids is 1. The lowest BCUT2D eigenvalue weighted by molar-refractivity contribution is -0.138. The van der Waals surface area contributed by atoms with Crippen LogP contribution in [-0.4, -0.2) is 49.6 Å². The lowest BCUT2D eigenvalue weighted by Gasteiger charge is -2.16. The topological polar surface area (TPSA) is 91.8 Å². The normalized spacial score (nSPS) is 11.2. The maximum Gasteiger partial charge on any atom is 0.303 e. The third-order valence-electron chi connectivity index (χ3n) is 3.30. The third kappa shape index (κ3) is 5.48. The fourth-order valence-electron chi connectivity index (χ4n) is 1.92. The quantitative estimate of drug-likeness (QED) is 0.778. The number of aliphatic carboxylic acids is 1. The van der Waals surface area contributed by atoms with Gasteiger partial charge in [-0.1, -0.05) is 19.1 Å². The highest BCUT2D eigenvalue weighted by molar-refractivity contribution is 7.91. The van der Waals surface area contributed by atoms with Crippen LogP contribution in [0.25, 0.3) is 0 Å². The van der Waals surface area contributed by atoms with Crippen molar-refractivity contribution in [2.24, 2.45) is 0 Å². The molecule has 0 aliphatic heterocycles. The van der Waals surface area contributed by atoms with Gasteiger partial charge in [0.2, 0.25) is 5.91 Å². The van der Waals surface area contributed by atoms with Crippen LogP contribution in [-0.2, 0) is 25.8 Å². The summed E-state index contributed by atoms with van der Waals surface area (Å²) in [6.45, 7) is 1.93. The second-order valence-corrected chi connectivity index (χ2v) is 7.32. The largest absolute Gasteiger partial charge is 0.481 e. The Hall–Kier alpha value is -1.89. The highest BCUT2D eigenvalue weighted by atomic mass is 32.2. The minimum absolute atomic E-state index is 0.0134. The molecule has 6 nitrogen and oxygen atoms in total. The van der Waals surface area contributed by atoms with Gasteiger partial charge in [-0.05, 0) is 24.1 Å². The monoisotopic (exact) mass is 327 g/mol. The van der Waals surface area contributed by atoms with Crippen molar-refractivity contribution in [3.8, 4) is 0 Å². The van der Waals surface area contributed by atoms with Crippen LogP contribution in [0.2, 0.25) is 0 Å². The van der Waals surface area contributed by atoms with Crippen LogP contribution in [0.5, 0.6) is 0 Å². The molecule has 0 saturated heterocycles. The van der Waals surface area contributed by atoms with Crippen LogP contribution in [0.15, 0.2) is 29.2 Å². The molecule has 1 N–H and O–H groups in total. The molecule has 1 aromatic rings. The summed E-state index contributed by atoms with van der Waals surface area (Å²) in [7, 11) is -1.68.